The number of rotatable bonds is 7. The Labute approximate surface area is 118 Å². The van der Waals surface area contributed by atoms with Crippen molar-refractivity contribution in [3.63, 3.8) is 0 Å². The number of hydrogen-bond acceptors (Lipinski definition) is 1. The zero-order valence-electron chi connectivity index (χ0n) is 12.7. The van der Waals surface area contributed by atoms with Crippen molar-refractivity contribution in [1.29, 1.82) is 0 Å². The second-order valence-electron chi connectivity index (χ2n) is 6.89. The molecule has 1 fully saturated rings. The van der Waals surface area contributed by atoms with E-state index in [1.165, 1.54) is 32.1 Å². The summed E-state index contributed by atoms with van der Waals surface area (Å²) >= 11 is 0. The van der Waals surface area contributed by atoms with Crippen LogP contribution in [0.2, 0.25) is 0 Å². The van der Waals surface area contributed by atoms with Crippen LogP contribution in [0.5, 0.6) is 0 Å². The molecule has 0 heterocycles. The number of carbonyl (C=O) groups is 1. The van der Waals surface area contributed by atoms with Gasteiger partial charge in [0.1, 0.15) is 0 Å². The van der Waals surface area contributed by atoms with Crippen LogP contribution in [0.25, 0.3) is 0 Å². The maximum Gasteiger partial charge on any atom is 0.220 e. The summed E-state index contributed by atoms with van der Waals surface area (Å²) in [6, 6.07) is 0. The second kappa shape index (κ2) is 6.11. The van der Waals surface area contributed by atoms with Gasteiger partial charge in [0, 0.05) is 13.0 Å². The fourth-order valence-corrected chi connectivity index (χ4v) is 3.94. The molecule has 4 atom stereocenters. The van der Waals surface area contributed by atoms with Crippen LogP contribution in [0.4, 0.5) is 0 Å². The molecule has 2 rings (SSSR count). The minimum absolute atomic E-state index is 0.218. The number of amides is 1. The van der Waals surface area contributed by atoms with Crippen molar-refractivity contribution >= 4 is 5.91 Å². The molecule has 108 valence electrons. The van der Waals surface area contributed by atoms with Gasteiger partial charge < -0.3 is 5.32 Å². The van der Waals surface area contributed by atoms with Crippen molar-refractivity contribution in [1.82, 2.24) is 5.32 Å². The van der Waals surface area contributed by atoms with E-state index in [0.29, 0.717) is 18.3 Å². The third-order valence-electron chi connectivity index (χ3n) is 5.22. The van der Waals surface area contributed by atoms with Gasteiger partial charge in [-0.1, -0.05) is 45.8 Å². The minimum Gasteiger partial charge on any atom is -0.356 e. The monoisotopic (exact) mass is 263 g/mol. The molecule has 0 radical (unpaired) electrons. The smallest absolute Gasteiger partial charge is 0.220 e. The van der Waals surface area contributed by atoms with Gasteiger partial charge in [0.2, 0.25) is 5.91 Å². The molecule has 0 aromatic rings. The summed E-state index contributed by atoms with van der Waals surface area (Å²) in [6.07, 6.45) is 11.5. The third kappa shape index (κ3) is 3.40. The summed E-state index contributed by atoms with van der Waals surface area (Å²) < 4.78 is 0. The molecule has 0 saturated heterocycles. The van der Waals surface area contributed by atoms with Crippen molar-refractivity contribution in [2.45, 2.75) is 59.3 Å². The molecule has 1 N–H and O–H groups in total. The average Bonchev–Trinajstić information content (AvgIpc) is 2.94. The van der Waals surface area contributed by atoms with Crippen molar-refractivity contribution in [3.8, 4) is 0 Å². The van der Waals surface area contributed by atoms with Crippen LogP contribution in [0.1, 0.15) is 59.3 Å². The molecule has 2 bridgehead atoms. The lowest BCUT2D eigenvalue weighted by atomic mass is 9.75. The Bertz CT molecular complexity index is 349. The maximum absolute atomic E-state index is 12.2. The van der Waals surface area contributed by atoms with Crippen LogP contribution < -0.4 is 5.32 Å². The molecule has 1 saturated carbocycles. The zero-order valence-corrected chi connectivity index (χ0v) is 12.7. The van der Waals surface area contributed by atoms with Crippen LogP contribution >= 0.6 is 0 Å². The summed E-state index contributed by atoms with van der Waals surface area (Å²) in [6.45, 7) is 7.59. The summed E-state index contributed by atoms with van der Waals surface area (Å²) in [7, 11) is 0. The van der Waals surface area contributed by atoms with Gasteiger partial charge >= 0.3 is 0 Å². The first-order valence-electron chi connectivity index (χ1n) is 8.02. The molecule has 1 amide bonds. The summed E-state index contributed by atoms with van der Waals surface area (Å²) in [5.41, 5.74) is 0.218. The number of allylic oxidation sites excluding steroid dienone is 2. The van der Waals surface area contributed by atoms with Crippen LogP contribution in [-0.4, -0.2) is 12.5 Å². The highest BCUT2D eigenvalue weighted by atomic mass is 16.1. The molecule has 4 unspecified atom stereocenters. The van der Waals surface area contributed by atoms with Crippen LogP contribution in [0, 0.1) is 23.2 Å². The van der Waals surface area contributed by atoms with E-state index < -0.39 is 0 Å². The van der Waals surface area contributed by atoms with Crippen molar-refractivity contribution in [3.05, 3.63) is 12.2 Å². The van der Waals surface area contributed by atoms with Gasteiger partial charge in [-0.25, -0.2) is 0 Å². The highest BCUT2D eigenvalue weighted by Crippen LogP contribution is 2.53. The Morgan fingerprint density at radius 1 is 1.42 bits per heavy atom. The molecular formula is C17H29NO. The largest absolute Gasteiger partial charge is 0.356 e. The lowest BCUT2D eigenvalue weighted by Gasteiger charge is -2.31. The molecule has 0 aromatic carbocycles. The number of fused-ring (bicyclic) bond motifs is 2. The van der Waals surface area contributed by atoms with Gasteiger partial charge in [-0.15, -0.1) is 0 Å². The van der Waals surface area contributed by atoms with Crippen molar-refractivity contribution < 1.29 is 4.79 Å². The Balaban J connectivity index is 1.77. The van der Waals surface area contributed by atoms with Gasteiger partial charge in [-0.3, -0.25) is 4.79 Å². The lowest BCUT2D eigenvalue weighted by molar-refractivity contribution is -0.123. The van der Waals surface area contributed by atoms with Gasteiger partial charge in [0.05, 0.1) is 0 Å². The SMILES string of the molecule is CCCC(CC)CNC(=O)CC1(C)CC2C=CC1C2. The van der Waals surface area contributed by atoms with E-state index in [-0.39, 0.29) is 11.3 Å². The predicted octanol–water partition coefficient (Wildman–Crippen LogP) is 3.92. The summed E-state index contributed by atoms with van der Waals surface area (Å²) in [4.78, 5) is 12.2. The van der Waals surface area contributed by atoms with Crippen LogP contribution in [0.15, 0.2) is 12.2 Å². The molecule has 2 heteroatoms. The molecular weight excluding hydrogens is 234 g/mol. The van der Waals surface area contributed by atoms with Crippen LogP contribution in [0.3, 0.4) is 0 Å². The molecule has 19 heavy (non-hydrogen) atoms. The number of carbonyl (C=O) groups excluding carboxylic acids is 1. The average molecular weight is 263 g/mol. The first kappa shape index (κ1) is 14.6. The topological polar surface area (TPSA) is 29.1 Å². The third-order valence-corrected chi connectivity index (χ3v) is 5.22. The molecule has 2 aliphatic carbocycles. The first-order chi connectivity index (χ1) is 9.07. The second-order valence-corrected chi connectivity index (χ2v) is 6.89. The summed E-state index contributed by atoms with van der Waals surface area (Å²) in [5.74, 6) is 2.30. The molecule has 2 nitrogen and oxygen atoms in total. The molecule has 0 aromatic heterocycles. The van der Waals surface area contributed by atoms with Crippen LogP contribution in [-0.2, 0) is 4.79 Å². The van der Waals surface area contributed by atoms with E-state index in [0.717, 1.165) is 12.5 Å². The normalized spacial score (nSPS) is 33.6. The Morgan fingerprint density at radius 3 is 2.74 bits per heavy atom. The Morgan fingerprint density at radius 2 is 2.21 bits per heavy atom. The number of nitrogens with one attached hydrogen (secondary N) is 1. The van der Waals surface area contributed by atoms with E-state index in [9.17, 15) is 4.79 Å². The van der Waals surface area contributed by atoms with Gasteiger partial charge in [-0.05, 0) is 42.4 Å². The molecule has 2 aliphatic rings. The standard InChI is InChI=1S/C17H29NO/c1-4-6-13(5-2)12-18-16(19)11-17(3)10-14-7-8-15(17)9-14/h7-8,13-15H,4-6,9-12H2,1-3H3,(H,18,19). The predicted molar refractivity (Wildman–Crippen MR) is 79.8 cm³/mol. The van der Waals surface area contributed by atoms with E-state index in [2.05, 4.69) is 38.2 Å². The fraction of sp³-hybridized carbons (Fsp3) is 0.824. The quantitative estimate of drug-likeness (QED) is 0.693. The molecule has 0 aliphatic heterocycles. The van der Waals surface area contributed by atoms with E-state index in [1.807, 2.05) is 0 Å². The van der Waals surface area contributed by atoms with Gasteiger partial charge in [0.25, 0.3) is 0 Å². The van der Waals surface area contributed by atoms with E-state index >= 15 is 0 Å². The van der Waals surface area contributed by atoms with Crippen molar-refractivity contribution in [2.75, 3.05) is 6.54 Å². The summed E-state index contributed by atoms with van der Waals surface area (Å²) in [5, 5.41) is 3.17. The maximum atomic E-state index is 12.2. The van der Waals surface area contributed by atoms with E-state index in [1.54, 1.807) is 0 Å². The Hall–Kier alpha value is -0.790. The highest BCUT2D eigenvalue weighted by Gasteiger charge is 2.45. The number of hydrogen-bond donors (Lipinski definition) is 1. The lowest BCUT2D eigenvalue weighted by Crippen LogP contribution is -2.35. The Kier molecular flexibility index (Phi) is 4.70. The van der Waals surface area contributed by atoms with E-state index in [4.69, 9.17) is 0 Å². The highest BCUT2D eigenvalue weighted by molar-refractivity contribution is 5.76. The van der Waals surface area contributed by atoms with Gasteiger partial charge in [-0.2, -0.15) is 0 Å². The minimum atomic E-state index is 0.218. The van der Waals surface area contributed by atoms with Crippen molar-refractivity contribution in [2.24, 2.45) is 23.2 Å². The fourth-order valence-electron chi connectivity index (χ4n) is 3.94. The first-order valence-corrected chi connectivity index (χ1v) is 8.02. The molecule has 0 spiro atoms. The van der Waals surface area contributed by atoms with Gasteiger partial charge in [0.15, 0.2) is 0 Å². The zero-order chi connectivity index (χ0) is 13.9.